The molecule has 0 bridgehead atoms. The molecule has 1 fully saturated rings. The third kappa shape index (κ3) is 6.49. The van der Waals surface area contributed by atoms with Crippen molar-refractivity contribution in [1.29, 1.82) is 0 Å². The highest BCUT2D eigenvalue weighted by atomic mass is 127. The number of hydrogen-bond donors (Lipinski definition) is 1. The molecule has 0 aliphatic carbocycles. The summed E-state index contributed by atoms with van der Waals surface area (Å²) in [5.41, 5.74) is 3.01. The van der Waals surface area contributed by atoms with Gasteiger partial charge in [0.1, 0.15) is 24.7 Å². The molecule has 0 spiro atoms. The molecule has 4 rings (SSSR count). The number of hydrogen-bond acceptors (Lipinski definition) is 5. The molecule has 0 unspecified atom stereocenters. The zero-order chi connectivity index (χ0) is 24.9. The third-order valence-electron chi connectivity index (χ3n) is 5.01. The predicted octanol–water partition coefficient (Wildman–Crippen LogP) is 5.99. The van der Waals surface area contributed by atoms with Crippen LogP contribution in [0, 0.1) is 16.3 Å². The van der Waals surface area contributed by atoms with Crippen molar-refractivity contribution in [2.24, 2.45) is 0 Å². The fraction of sp³-hybridized carbons (Fsp3) is 0.115. The molecule has 0 saturated carbocycles. The first-order valence-corrected chi connectivity index (χ1v) is 12.5. The van der Waals surface area contributed by atoms with Gasteiger partial charge in [-0.05, 0) is 100 Å². The molecule has 0 atom stereocenters. The lowest BCUT2D eigenvalue weighted by Gasteiger charge is -2.12. The number of carbonyl (C=O) groups is 3. The molecule has 0 aromatic heterocycles. The van der Waals surface area contributed by atoms with E-state index in [1.165, 1.54) is 12.1 Å². The van der Waals surface area contributed by atoms with Crippen molar-refractivity contribution < 1.29 is 23.5 Å². The van der Waals surface area contributed by atoms with E-state index in [0.29, 0.717) is 22.6 Å². The Morgan fingerprint density at radius 2 is 1.91 bits per heavy atom. The summed E-state index contributed by atoms with van der Waals surface area (Å²) in [6.07, 6.45) is 1.61. The molecule has 9 heteroatoms. The van der Waals surface area contributed by atoms with Gasteiger partial charge in [-0.3, -0.25) is 19.3 Å². The molecule has 1 aliphatic heterocycles. The minimum Gasteiger partial charge on any atom is -0.488 e. The van der Waals surface area contributed by atoms with Crippen LogP contribution in [0.1, 0.15) is 16.7 Å². The second-order valence-electron chi connectivity index (χ2n) is 7.79. The van der Waals surface area contributed by atoms with Crippen LogP contribution < -0.4 is 10.1 Å². The number of aryl methyl sites for hydroxylation is 1. The van der Waals surface area contributed by atoms with Crippen molar-refractivity contribution in [3.05, 3.63) is 97.7 Å². The van der Waals surface area contributed by atoms with Crippen LogP contribution in [-0.2, 0) is 16.2 Å². The van der Waals surface area contributed by atoms with E-state index in [0.717, 1.165) is 25.8 Å². The van der Waals surface area contributed by atoms with Gasteiger partial charge in [-0.2, -0.15) is 0 Å². The number of amides is 3. The van der Waals surface area contributed by atoms with Crippen LogP contribution in [0.2, 0.25) is 0 Å². The van der Waals surface area contributed by atoms with Crippen molar-refractivity contribution >= 4 is 63.2 Å². The number of carbonyl (C=O) groups excluding carboxylic acids is 3. The van der Waals surface area contributed by atoms with Gasteiger partial charge in [-0.1, -0.05) is 30.3 Å². The summed E-state index contributed by atoms with van der Waals surface area (Å²) >= 11 is 2.91. The summed E-state index contributed by atoms with van der Waals surface area (Å²) in [4.78, 5) is 38.7. The first kappa shape index (κ1) is 24.9. The van der Waals surface area contributed by atoms with E-state index < -0.39 is 17.1 Å². The van der Waals surface area contributed by atoms with Crippen LogP contribution in [0.5, 0.6) is 5.75 Å². The maximum atomic E-state index is 13.3. The highest BCUT2D eigenvalue weighted by molar-refractivity contribution is 14.1. The highest BCUT2D eigenvalue weighted by Crippen LogP contribution is 2.33. The van der Waals surface area contributed by atoms with E-state index in [2.05, 4.69) is 27.9 Å². The number of nitrogens with zero attached hydrogens (tertiary/aromatic N) is 1. The minimum absolute atomic E-state index is 0.219. The van der Waals surface area contributed by atoms with Gasteiger partial charge in [0.25, 0.3) is 11.1 Å². The number of ether oxygens (including phenoxy) is 1. The molecule has 6 nitrogen and oxygen atoms in total. The van der Waals surface area contributed by atoms with Crippen LogP contribution in [0.15, 0.2) is 71.6 Å². The number of imide groups is 1. The Morgan fingerprint density at radius 3 is 2.66 bits per heavy atom. The first-order valence-electron chi connectivity index (χ1n) is 10.6. The van der Waals surface area contributed by atoms with Crippen molar-refractivity contribution in [3.8, 4) is 5.75 Å². The Bertz CT molecular complexity index is 1340. The largest absolute Gasteiger partial charge is 0.488 e. The lowest BCUT2D eigenvalue weighted by Crippen LogP contribution is -2.36. The van der Waals surface area contributed by atoms with Crippen LogP contribution in [-0.4, -0.2) is 28.5 Å². The molecule has 1 saturated heterocycles. The summed E-state index contributed by atoms with van der Waals surface area (Å²) in [5, 5.41) is 2.21. The van der Waals surface area contributed by atoms with Crippen LogP contribution in [0.4, 0.5) is 14.9 Å². The van der Waals surface area contributed by atoms with Gasteiger partial charge in [0.15, 0.2) is 0 Å². The Hall–Kier alpha value is -3.18. The molecule has 0 radical (unpaired) electrons. The van der Waals surface area contributed by atoms with Gasteiger partial charge in [0.2, 0.25) is 5.91 Å². The Balaban J connectivity index is 1.40. The quantitative estimate of drug-likeness (QED) is 0.266. The molecule has 3 amide bonds. The van der Waals surface area contributed by atoms with E-state index in [-0.39, 0.29) is 23.9 Å². The number of anilines is 1. The van der Waals surface area contributed by atoms with Crippen LogP contribution in [0.3, 0.4) is 0 Å². The molecule has 1 N–H and O–H groups in total. The predicted molar refractivity (Wildman–Crippen MR) is 142 cm³/mol. The second kappa shape index (κ2) is 11.0. The average Bonchev–Trinajstić information content (AvgIpc) is 3.06. The van der Waals surface area contributed by atoms with Crippen molar-refractivity contribution in [2.45, 2.75) is 13.5 Å². The first-order chi connectivity index (χ1) is 16.8. The van der Waals surface area contributed by atoms with Gasteiger partial charge in [0, 0.05) is 5.69 Å². The monoisotopic (exact) mass is 602 g/mol. The third-order valence-corrected chi connectivity index (χ3v) is 6.76. The fourth-order valence-electron chi connectivity index (χ4n) is 3.37. The van der Waals surface area contributed by atoms with Gasteiger partial charge in [0.05, 0.1) is 8.48 Å². The number of thioether (sulfide) groups is 1. The number of benzene rings is 3. The van der Waals surface area contributed by atoms with E-state index in [4.69, 9.17) is 4.74 Å². The van der Waals surface area contributed by atoms with Crippen molar-refractivity contribution in [3.63, 3.8) is 0 Å². The summed E-state index contributed by atoms with van der Waals surface area (Å²) in [6.45, 7) is 1.76. The van der Waals surface area contributed by atoms with Gasteiger partial charge >= 0.3 is 0 Å². The number of nitrogens with one attached hydrogen (secondary N) is 1. The molecule has 178 valence electrons. The topological polar surface area (TPSA) is 75.7 Å². The summed E-state index contributed by atoms with van der Waals surface area (Å²) in [7, 11) is 0. The van der Waals surface area contributed by atoms with Gasteiger partial charge in [-0.25, -0.2) is 4.39 Å². The standard InChI is InChI=1S/C26H20FIN2O4S/c1-16-4-2-7-20(10-16)29-24(31)14-30-25(32)23(35-26(30)33)13-17-8-9-22(21(28)12-17)34-15-18-5-3-6-19(27)11-18/h2-13H,14-15H2,1H3,(H,29,31)/b23-13-. The summed E-state index contributed by atoms with van der Waals surface area (Å²) in [5.74, 6) is -0.667. The van der Waals surface area contributed by atoms with E-state index in [1.807, 2.05) is 25.1 Å². The SMILES string of the molecule is Cc1cccc(NC(=O)CN2C(=O)S/C(=C\c3ccc(OCc4cccc(F)c4)c(I)c3)C2=O)c1. The van der Waals surface area contributed by atoms with Gasteiger partial charge < -0.3 is 10.1 Å². The Labute approximate surface area is 219 Å². The maximum Gasteiger partial charge on any atom is 0.294 e. The zero-order valence-electron chi connectivity index (χ0n) is 18.6. The normalized spacial score (nSPS) is 14.5. The zero-order valence-corrected chi connectivity index (χ0v) is 21.6. The Kier molecular flexibility index (Phi) is 7.86. The average molecular weight is 602 g/mol. The van der Waals surface area contributed by atoms with Crippen molar-refractivity contribution in [1.82, 2.24) is 4.90 Å². The number of halogens is 2. The molecule has 1 aliphatic rings. The summed E-state index contributed by atoms with van der Waals surface area (Å²) in [6, 6.07) is 18.8. The molecular weight excluding hydrogens is 582 g/mol. The molecular formula is C26H20FIN2O4S. The van der Waals surface area contributed by atoms with Crippen LogP contribution >= 0.6 is 34.4 Å². The molecule has 1 heterocycles. The number of rotatable bonds is 7. The second-order valence-corrected chi connectivity index (χ2v) is 9.95. The van der Waals surface area contributed by atoms with Crippen molar-refractivity contribution in [2.75, 3.05) is 11.9 Å². The lowest BCUT2D eigenvalue weighted by molar-refractivity contribution is -0.127. The van der Waals surface area contributed by atoms with E-state index in [1.54, 1.807) is 42.5 Å². The maximum absolute atomic E-state index is 13.3. The summed E-state index contributed by atoms with van der Waals surface area (Å²) < 4.78 is 19.9. The lowest BCUT2D eigenvalue weighted by atomic mass is 10.2. The van der Waals surface area contributed by atoms with Crippen LogP contribution in [0.25, 0.3) is 6.08 Å². The highest BCUT2D eigenvalue weighted by Gasteiger charge is 2.36. The molecule has 35 heavy (non-hydrogen) atoms. The fourth-order valence-corrected chi connectivity index (χ4v) is 4.90. The minimum atomic E-state index is -0.513. The van der Waals surface area contributed by atoms with E-state index >= 15 is 0 Å². The van der Waals surface area contributed by atoms with E-state index in [9.17, 15) is 18.8 Å². The van der Waals surface area contributed by atoms with Gasteiger partial charge in [-0.15, -0.1) is 0 Å². The Morgan fingerprint density at radius 1 is 1.11 bits per heavy atom. The molecule has 3 aromatic rings. The smallest absolute Gasteiger partial charge is 0.294 e. The molecule has 3 aromatic carbocycles.